The Morgan fingerprint density at radius 2 is 1.89 bits per heavy atom. The van der Waals surface area contributed by atoms with Crippen LogP contribution in [0.3, 0.4) is 0 Å². The zero-order valence-corrected chi connectivity index (χ0v) is 15.8. The molecule has 0 saturated carbocycles. The van der Waals surface area contributed by atoms with E-state index in [4.69, 9.17) is 14.2 Å². The maximum atomic E-state index is 13.9. The fraction of sp³-hybridized carbons (Fsp3) is 0.412. The van der Waals surface area contributed by atoms with Crippen LogP contribution in [0.25, 0.3) is 0 Å². The molecule has 1 saturated heterocycles. The van der Waals surface area contributed by atoms with Gasteiger partial charge in [-0.1, -0.05) is 0 Å². The molecular formula is C17H20FN3O5S. The van der Waals surface area contributed by atoms with E-state index in [2.05, 4.69) is 9.97 Å². The summed E-state index contributed by atoms with van der Waals surface area (Å²) < 4.78 is 56.7. The van der Waals surface area contributed by atoms with E-state index in [-0.39, 0.29) is 28.9 Å². The van der Waals surface area contributed by atoms with Crippen molar-refractivity contribution in [3.63, 3.8) is 0 Å². The van der Waals surface area contributed by atoms with Gasteiger partial charge < -0.3 is 14.2 Å². The zero-order valence-electron chi connectivity index (χ0n) is 15.0. The molecule has 0 N–H and O–H groups in total. The third kappa shape index (κ3) is 4.11. The number of nitrogens with zero attached hydrogens (tertiary/aromatic N) is 3. The summed E-state index contributed by atoms with van der Waals surface area (Å²) in [6.07, 6.45) is 3.78. The van der Waals surface area contributed by atoms with Gasteiger partial charge in [0.2, 0.25) is 10.0 Å². The normalized spacial score (nSPS) is 18.1. The standard InChI is InChI=1S/C17H20FN3O5S/c1-24-15-6-5-13(10-14(15)18)27(22,23)21-9-3-4-12(11-21)26-17-16(25-2)19-7-8-20-17/h5-8,10,12H,3-4,9,11H2,1-2H3. The molecule has 27 heavy (non-hydrogen) atoms. The summed E-state index contributed by atoms with van der Waals surface area (Å²) in [6, 6.07) is 3.59. The molecule has 1 aromatic carbocycles. The highest BCUT2D eigenvalue weighted by Gasteiger charge is 2.32. The smallest absolute Gasteiger partial charge is 0.278 e. The molecule has 0 radical (unpaired) electrons. The molecule has 1 atom stereocenters. The molecule has 1 aliphatic rings. The van der Waals surface area contributed by atoms with E-state index in [0.29, 0.717) is 19.4 Å². The van der Waals surface area contributed by atoms with Gasteiger partial charge in [0.25, 0.3) is 11.8 Å². The first-order chi connectivity index (χ1) is 13.0. The van der Waals surface area contributed by atoms with Crippen molar-refractivity contribution in [2.24, 2.45) is 0 Å². The molecule has 1 unspecified atom stereocenters. The van der Waals surface area contributed by atoms with E-state index in [1.807, 2.05) is 0 Å². The third-order valence-electron chi connectivity index (χ3n) is 4.21. The number of aromatic nitrogens is 2. The largest absolute Gasteiger partial charge is 0.494 e. The van der Waals surface area contributed by atoms with Crippen molar-refractivity contribution < 1.29 is 27.0 Å². The van der Waals surface area contributed by atoms with Gasteiger partial charge in [-0.15, -0.1) is 0 Å². The van der Waals surface area contributed by atoms with Crippen LogP contribution in [0.2, 0.25) is 0 Å². The van der Waals surface area contributed by atoms with Crippen molar-refractivity contribution in [2.75, 3.05) is 27.3 Å². The number of rotatable bonds is 6. The number of benzene rings is 1. The van der Waals surface area contributed by atoms with Crippen molar-refractivity contribution in [2.45, 2.75) is 23.8 Å². The van der Waals surface area contributed by atoms with Gasteiger partial charge in [-0.25, -0.2) is 22.8 Å². The summed E-state index contributed by atoms with van der Waals surface area (Å²) in [4.78, 5) is 7.96. The lowest BCUT2D eigenvalue weighted by Crippen LogP contribution is -2.44. The van der Waals surface area contributed by atoms with E-state index in [1.54, 1.807) is 0 Å². The fourth-order valence-electron chi connectivity index (χ4n) is 2.87. The van der Waals surface area contributed by atoms with Crippen LogP contribution in [0.5, 0.6) is 17.5 Å². The molecule has 146 valence electrons. The summed E-state index contributed by atoms with van der Waals surface area (Å²) in [5.41, 5.74) is 0. The second kappa shape index (κ2) is 8.05. The van der Waals surface area contributed by atoms with Crippen LogP contribution in [-0.4, -0.2) is 56.1 Å². The van der Waals surface area contributed by atoms with Crippen molar-refractivity contribution in [3.8, 4) is 17.5 Å². The maximum absolute atomic E-state index is 13.9. The molecule has 2 aromatic rings. The van der Waals surface area contributed by atoms with Gasteiger partial charge in [0.15, 0.2) is 11.6 Å². The van der Waals surface area contributed by atoms with Crippen LogP contribution in [0, 0.1) is 5.82 Å². The fourth-order valence-corrected chi connectivity index (χ4v) is 4.39. The van der Waals surface area contributed by atoms with Gasteiger partial charge in [-0.3, -0.25) is 0 Å². The van der Waals surface area contributed by atoms with Crippen molar-refractivity contribution in [3.05, 3.63) is 36.4 Å². The van der Waals surface area contributed by atoms with Crippen LogP contribution in [0.15, 0.2) is 35.5 Å². The van der Waals surface area contributed by atoms with Crippen LogP contribution < -0.4 is 14.2 Å². The lowest BCUT2D eigenvalue weighted by atomic mass is 10.1. The summed E-state index contributed by atoms with van der Waals surface area (Å²) in [5, 5.41) is 0. The summed E-state index contributed by atoms with van der Waals surface area (Å²) in [5.74, 6) is -0.300. The zero-order chi connectivity index (χ0) is 19.4. The maximum Gasteiger partial charge on any atom is 0.278 e. The van der Waals surface area contributed by atoms with Crippen LogP contribution in [-0.2, 0) is 10.0 Å². The topological polar surface area (TPSA) is 90.9 Å². The van der Waals surface area contributed by atoms with E-state index >= 15 is 0 Å². The number of hydrogen-bond acceptors (Lipinski definition) is 7. The highest BCUT2D eigenvalue weighted by molar-refractivity contribution is 7.89. The average molecular weight is 397 g/mol. The molecule has 2 heterocycles. The minimum absolute atomic E-state index is 0.0106. The first kappa shape index (κ1) is 19.3. The Morgan fingerprint density at radius 1 is 1.15 bits per heavy atom. The highest BCUT2D eigenvalue weighted by Crippen LogP contribution is 2.28. The molecule has 0 amide bonds. The van der Waals surface area contributed by atoms with E-state index in [1.165, 1.54) is 43.1 Å². The molecule has 1 aliphatic heterocycles. The molecular weight excluding hydrogens is 377 g/mol. The van der Waals surface area contributed by atoms with Gasteiger partial charge in [0.1, 0.15) is 6.10 Å². The minimum atomic E-state index is -3.86. The lowest BCUT2D eigenvalue weighted by Gasteiger charge is -2.31. The Balaban J connectivity index is 1.78. The number of sulfonamides is 1. The Bertz CT molecular complexity index is 909. The highest BCUT2D eigenvalue weighted by atomic mass is 32.2. The predicted octanol–water partition coefficient (Wildman–Crippen LogP) is 1.86. The third-order valence-corrected chi connectivity index (χ3v) is 6.07. The summed E-state index contributed by atoms with van der Waals surface area (Å²) in [7, 11) is -1.09. The van der Waals surface area contributed by atoms with Gasteiger partial charge >= 0.3 is 0 Å². The Hall–Kier alpha value is -2.46. The van der Waals surface area contributed by atoms with Crippen LogP contribution in [0.4, 0.5) is 4.39 Å². The first-order valence-electron chi connectivity index (χ1n) is 8.31. The number of hydrogen-bond donors (Lipinski definition) is 0. The molecule has 0 bridgehead atoms. The van der Waals surface area contributed by atoms with Gasteiger partial charge in [-0.05, 0) is 31.0 Å². The minimum Gasteiger partial charge on any atom is -0.494 e. The molecule has 0 spiro atoms. The van der Waals surface area contributed by atoms with Crippen molar-refractivity contribution in [1.29, 1.82) is 0 Å². The lowest BCUT2D eigenvalue weighted by molar-refractivity contribution is 0.119. The number of halogens is 1. The SMILES string of the molecule is COc1ccc(S(=O)(=O)N2CCCC(Oc3nccnc3OC)C2)cc1F. The second-order valence-electron chi connectivity index (χ2n) is 5.91. The molecule has 1 aromatic heterocycles. The predicted molar refractivity (Wildman–Crippen MR) is 93.9 cm³/mol. The molecule has 0 aliphatic carbocycles. The molecule has 10 heteroatoms. The van der Waals surface area contributed by atoms with Gasteiger partial charge in [0.05, 0.1) is 25.7 Å². The quantitative estimate of drug-likeness (QED) is 0.735. The summed E-state index contributed by atoms with van der Waals surface area (Å²) >= 11 is 0. The average Bonchev–Trinajstić information content (AvgIpc) is 2.68. The number of piperidine rings is 1. The summed E-state index contributed by atoms with van der Waals surface area (Å²) in [6.45, 7) is 0.448. The second-order valence-corrected chi connectivity index (χ2v) is 7.85. The number of methoxy groups -OCH3 is 2. The first-order valence-corrected chi connectivity index (χ1v) is 9.75. The van der Waals surface area contributed by atoms with Crippen LogP contribution >= 0.6 is 0 Å². The van der Waals surface area contributed by atoms with Gasteiger partial charge in [0, 0.05) is 18.9 Å². The Kier molecular flexibility index (Phi) is 5.76. The van der Waals surface area contributed by atoms with Crippen molar-refractivity contribution >= 4 is 10.0 Å². The molecule has 1 fully saturated rings. The monoisotopic (exact) mass is 397 g/mol. The Morgan fingerprint density at radius 3 is 2.56 bits per heavy atom. The van der Waals surface area contributed by atoms with Crippen molar-refractivity contribution in [1.82, 2.24) is 14.3 Å². The van der Waals surface area contributed by atoms with E-state index < -0.39 is 21.9 Å². The number of ether oxygens (including phenoxy) is 3. The van der Waals surface area contributed by atoms with E-state index in [9.17, 15) is 12.8 Å². The molecule has 3 rings (SSSR count). The van der Waals surface area contributed by atoms with Crippen LogP contribution in [0.1, 0.15) is 12.8 Å². The van der Waals surface area contributed by atoms with E-state index in [0.717, 1.165) is 6.07 Å². The molecule has 8 nitrogen and oxygen atoms in total. The van der Waals surface area contributed by atoms with Gasteiger partial charge in [-0.2, -0.15) is 4.31 Å². The Labute approximate surface area is 157 Å².